The van der Waals surface area contributed by atoms with Crippen molar-refractivity contribution in [2.45, 2.75) is 60.5 Å². The van der Waals surface area contributed by atoms with Crippen LogP contribution in [0.25, 0.3) is 21.8 Å². The summed E-state index contributed by atoms with van der Waals surface area (Å²) in [4.78, 5) is 29.5. The molecule has 2 aliphatic rings. The molecule has 248 valence electrons. The number of nitrogens with one attached hydrogen (secondary N) is 1. The van der Waals surface area contributed by atoms with E-state index in [0.717, 1.165) is 41.5 Å². The fraction of sp³-hybridized carbons (Fsp3) is 0.457. The monoisotopic (exact) mass is 657 g/mol. The normalized spacial score (nSPS) is 21.9. The second kappa shape index (κ2) is 13.8. The first-order valence-corrected chi connectivity index (χ1v) is 18.0. The second-order valence-corrected chi connectivity index (χ2v) is 14.8. The van der Waals surface area contributed by atoms with E-state index < -0.39 is 16.0 Å². The Morgan fingerprint density at radius 2 is 1.81 bits per heavy atom. The number of esters is 1. The van der Waals surface area contributed by atoms with Crippen molar-refractivity contribution in [1.29, 1.82) is 0 Å². The minimum atomic E-state index is -3.29. The van der Waals surface area contributed by atoms with Crippen molar-refractivity contribution in [1.82, 2.24) is 19.5 Å². The molecule has 2 aromatic carbocycles. The van der Waals surface area contributed by atoms with Crippen LogP contribution in [0.4, 0.5) is 11.4 Å². The number of benzene rings is 2. The fourth-order valence-corrected chi connectivity index (χ4v) is 7.14. The molecule has 1 aromatic heterocycles. The lowest BCUT2D eigenvalue weighted by Gasteiger charge is -2.37. The van der Waals surface area contributed by atoms with Gasteiger partial charge in [-0.25, -0.2) is 37.4 Å². The van der Waals surface area contributed by atoms with E-state index in [1.807, 2.05) is 63.2 Å². The van der Waals surface area contributed by atoms with E-state index in [2.05, 4.69) is 35.2 Å². The molecular weight excluding hydrogens is 614 g/mol. The Morgan fingerprint density at radius 1 is 1.13 bits per heavy atom. The van der Waals surface area contributed by atoms with E-state index in [0.29, 0.717) is 30.5 Å². The summed E-state index contributed by atoms with van der Waals surface area (Å²) in [6.07, 6.45) is 2.81. The van der Waals surface area contributed by atoms with Crippen molar-refractivity contribution in [3.63, 3.8) is 0 Å². The minimum Gasteiger partial charge on any atom is -0.459 e. The average Bonchev–Trinajstić information content (AvgIpc) is 3.55. The van der Waals surface area contributed by atoms with E-state index in [-0.39, 0.29) is 47.4 Å². The van der Waals surface area contributed by atoms with Gasteiger partial charge in [0.1, 0.15) is 11.7 Å². The van der Waals surface area contributed by atoms with E-state index in [4.69, 9.17) is 26.4 Å². The molecule has 0 spiro atoms. The topological polar surface area (TPSA) is 123 Å². The molecule has 0 saturated heterocycles. The summed E-state index contributed by atoms with van der Waals surface area (Å²) in [5.74, 6) is 1.23. The number of aryl methyl sites for hydroxylation is 2. The van der Waals surface area contributed by atoms with Crippen LogP contribution in [-0.2, 0) is 19.6 Å². The molecule has 1 aliphatic heterocycles. The van der Waals surface area contributed by atoms with Crippen LogP contribution in [0.15, 0.2) is 53.2 Å². The average molecular weight is 658 g/mol. The van der Waals surface area contributed by atoms with Crippen LogP contribution in [0, 0.1) is 38.2 Å². The highest BCUT2D eigenvalue weighted by molar-refractivity contribution is 7.88. The number of nitrogens with zero attached hydrogens (tertiary/aromatic N) is 6. The Labute approximate surface area is 277 Å². The molecule has 1 aliphatic carbocycles. The van der Waals surface area contributed by atoms with Gasteiger partial charge in [-0.1, -0.05) is 50.6 Å². The number of hydrogen-bond donors (Lipinski definition) is 1. The van der Waals surface area contributed by atoms with Crippen molar-refractivity contribution in [2.75, 3.05) is 30.8 Å². The van der Waals surface area contributed by atoms with Gasteiger partial charge in [0, 0.05) is 30.9 Å². The van der Waals surface area contributed by atoms with Gasteiger partial charge in [0.25, 0.3) is 0 Å². The quantitative estimate of drug-likeness (QED) is 0.217. The molecule has 47 heavy (non-hydrogen) atoms. The summed E-state index contributed by atoms with van der Waals surface area (Å²) >= 11 is 0. The number of ether oxygens (including phenoxy) is 1. The first-order valence-electron chi connectivity index (χ1n) is 16.1. The van der Waals surface area contributed by atoms with Crippen LogP contribution in [0.1, 0.15) is 57.5 Å². The van der Waals surface area contributed by atoms with Gasteiger partial charge in [-0.3, -0.25) is 0 Å². The maximum Gasteiger partial charge on any atom is 0.331 e. The van der Waals surface area contributed by atoms with Crippen molar-refractivity contribution in [3.8, 4) is 11.4 Å². The Balaban J connectivity index is 1.54. The molecule has 1 N–H and O–H groups in total. The van der Waals surface area contributed by atoms with Crippen LogP contribution in [0.2, 0.25) is 0 Å². The number of sulfonamides is 1. The largest absolute Gasteiger partial charge is 0.459 e. The highest BCUT2D eigenvalue weighted by Gasteiger charge is 2.41. The molecule has 1 fully saturated rings. The Morgan fingerprint density at radius 3 is 2.40 bits per heavy atom. The number of fused-ring (bicyclic) bond motifs is 1. The summed E-state index contributed by atoms with van der Waals surface area (Å²) in [6.45, 7) is 22.0. The molecular formula is C35H43N7O4S. The first kappa shape index (κ1) is 34.0. The lowest BCUT2D eigenvalue weighted by molar-refractivity contribution is -0.150. The molecule has 0 amide bonds. The summed E-state index contributed by atoms with van der Waals surface area (Å²) in [7, 11) is -3.29. The van der Waals surface area contributed by atoms with E-state index in [9.17, 15) is 13.2 Å². The molecule has 0 bridgehead atoms. The van der Waals surface area contributed by atoms with Crippen molar-refractivity contribution >= 4 is 38.8 Å². The molecule has 12 heteroatoms. The number of anilines is 1. The number of likely N-dealkylation sites (N-methyl/N-ethyl adjacent to an activating group) is 1. The molecule has 1 saturated carbocycles. The maximum absolute atomic E-state index is 14.0. The van der Waals surface area contributed by atoms with Crippen LogP contribution in [-0.4, -0.2) is 67.0 Å². The minimum absolute atomic E-state index is 0.0513. The molecule has 2 heterocycles. The van der Waals surface area contributed by atoms with Crippen LogP contribution in [0.5, 0.6) is 0 Å². The lowest BCUT2D eigenvalue weighted by atomic mass is 9.75. The number of carbonyl (C=O) groups is 1. The SMILES string of the molecule is [C-]#[N+]C1=C(C(=O)OC2C(C)CC(C)CC2C)c2nc(-c3ccc(C)cc3)nn2C1=Nc1ccc(N(CC)CCNS(C)(=O)=O)cc1C. The Hall–Kier alpha value is -4.34. The molecule has 11 nitrogen and oxygen atoms in total. The van der Waals surface area contributed by atoms with Gasteiger partial charge in [0.05, 0.1) is 18.5 Å². The van der Waals surface area contributed by atoms with Gasteiger partial charge in [-0.05, 0) is 75.1 Å². The van der Waals surface area contributed by atoms with Gasteiger partial charge in [-0.2, -0.15) is 0 Å². The fourth-order valence-electron chi connectivity index (χ4n) is 6.68. The zero-order valence-electron chi connectivity index (χ0n) is 28.1. The maximum atomic E-state index is 14.0. The Bertz CT molecular complexity index is 1860. The molecule has 2 unspecified atom stereocenters. The smallest absolute Gasteiger partial charge is 0.331 e. The highest BCUT2D eigenvalue weighted by Crippen LogP contribution is 2.38. The highest BCUT2D eigenvalue weighted by atomic mass is 32.2. The first-order chi connectivity index (χ1) is 22.3. The van der Waals surface area contributed by atoms with E-state index in [1.165, 1.54) is 4.68 Å². The number of aromatic nitrogens is 3. The van der Waals surface area contributed by atoms with Crippen molar-refractivity contribution in [3.05, 3.63) is 76.5 Å². The number of rotatable bonds is 10. The zero-order valence-corrected chi connectivity index (χ0v) is 28.9. The molecule has 3 aromatic rings. The van der Waals surface area contributed by atoms with Gasteiger partial charge >= 0.3 is 5.97 Å². The number of aliphatic imine (C=N–C) groups is 1. The summed E-state index contributed by atoms with van der Waals surface area (Å²) in [5.41, 5.74) is 4.36. The van der Waals surface area contributed by atoms with Crippen LogP contribution < -0.4 is 9.62 Å². The standard InChI is InChI=1S/C35H43N7O4S/c1-9-41(17-16-37-47(8,44)45)27-14-15-28(23(4)20-27)38-34-30(36-7)29(35(43)46-31-24(5)18-22(3)19-25(31)6)33-39-32(40-42(33)34)26-12-10-21(2)11-13-26/h10-15,20,22,24-25,31,37H,9,16-19H2,1-6,8H3. The van der Waals surface area contributed by atoms with E-state index in [1.54, 1.807) is 0 Å². The van der Waals surface area contributed by atoms with Crippen molar-refractivity contribution in [2.24, 2.45) is 22.7 Å². The predicted molar refractivity (Wildman–Crippen MR) is 185 cm³/mol. The summed E-state index contributed by atoms with van der Waals surface area (Å²) in [5, 5.41) is 4.75. The molecule has 5 rings (SSSR count). The molecule has 2 atom stereocenters. The number of hydrogen-bond acceptors (Lipinski definition) is 8. The second-order valence-electron chi connectivity index (χ2n) is 12.9. The van der Waals surface area contributed by atoms with Gasteiger partial charge in [-0.15, -0.1) is 5.10 Å². The number of carbonyl (C=O) groups excluding carboxylic acids is 1. The van der Waals surface area contributed by atoms with E-state index >= 15 is 0 Å². The molecule has 0 radical (unpaired) electrons. The van der Waals surface area contributed by atoms with Crippen molar-refractivity contribution < 1.29 is 17.9 Å². The third kappa shape index (κ3) is 7.47. The van der Waals surface area contributed by atoms with Gasteiger partial charge < -0.3 is 9.64 Å². The number of allylic oxidation sites excluding steroid dienone is 1. The van der Waals surface area contributed by atoms with Crippen LogP contribution in [0.3, 0.4) is 0 Å². The van der Waals surface area contributed by atoms with Gasteiger partial charge in [0.15, 0.2) is 17.5 Å². The zero-order chi connectivity index (χ0) is 34.0. The summed E-state index contributed by atoms with van der Waals surface area (Å²) < 4.78 is 33.3. The summed E-state index contributed by atoms with van der Waals surface area (Å²) in [6, 6.07) is 13.5. The third-order valence-electron chi connectivity index (χ3n) is 8.92. The Kier molecular flexibility index (Phi) is 9.98. The lowest BCUT2D eigenvalue weighted by Crippen LogP contribution is -2.37. The predicted octanol–water partition coefficient (Wildman–Crippen LogP) is 5.77. The van der Waals surface area contributed by atoms with Crippen LogP contribution >= 0.6 is 0 Å². The third-order valence-corrected chi connectivity index (χ3v) is 9.65. The van der Waals surface area contributed by atoms with Gasteiger partial charge in [0.2, 0.25) is 15.7 Å².